The topological polar surface area (TPSA) is 104 Å². The summed E-state index contributed by atoms with van der Waals surface area (Å²) in [6, 6.07) is 0. The largest absolute Gasteiger partial charge is 0.388 e. The fourth-order valence-corrected chi connectivity index (χ4v) is 3.50. The molecule has 6 nitrogen and oxygen atoms in total. The molecule has 0 aromatic heterocycles. The molecule has 2 rings (SSSR count). The van der Waals surface area contributed by atoms with E-state index in [2.05, 4.69) is 0 Å². The maximum atomic E-state index is 11.2. The van der Waals surface area contributed by atoms with Crippen LogP contribution in [0.1, 0.15) is 0 Å². The van der Waals surface area contributed by atoms with Crippen LogP contribution in [0.25, 0.3) is 0 Å². The molecule has 3 N–H and O–H groups in total. The van der Waals surface area contributed by atoms with Crippen molar-refractivity contribution in [2.75, 3.05) is 5.75 Å². The third-order valence-corrected chi connectivity index (χ3v) is 4.31. The van der Waals surface area contributed by atoms with E-state index >= 15 is 0 Å². The van der Waals surface area contributed by atoms with Crippen LogP contribution in [0.3, 0.4) is 0 Å². The van der Waals surface area contributed by atoms with Crippen molar-refractivity contribution in [2.45, 2.75) is 29.9 Å². The van der Waals surface area contributed by atoms with Crippen molar-refractivity contribution < 1.29 is 28.5 Å². The van der Waals surface area contributed by atoms with E-state index in [1.165, 1.54) is 0 Å². The standard InChI is InChI=1S/C6H10O6S/c7-3-2-1-13(10,11)6(12-2)5(9)4(3)8/h2-9H,1H2/t2-,3-,4+,5+,6?/m1/s1. The zero-order valence-electron chi connectivity index (χ0n) is 6.57. The van der Waals surface area contributed by atoms with Crippen LogP contribution in [-0.4, -0.2) is 59.3 Å². The summed E-state index contributed by atoms with van der Waals surface area (Å²) in [5.74, 6) is -0.340. The highest BCUT2D eigenvalue weighted by atomic mass is 32.2. The minimum absolute atomic E-state index is 0.340. The molecule has 76 valence electrons. The zero-order valence-corrected chi connectivity index (χ0v) is 7.38. The lowest BCUT2D eigenvalue weighted by Gasteiger charge is -2.32. The van der Waals surface area contributed by atoms with Gasteiger partial charge in [0.05, 0.1) is 5.75 Å². The van der Waals surface area contributed by atoms with Gasteiger partial charge in [0.25, 0.3) is 0 Å². The Labute approximate surface area is 74.7 Å². The lowest BCUT2D eigenvalue weighted by molar-refractivity contribution is -0.184. The fourth-order valence-electron chi connectivity index (χ4n) is 1.67. The summed E-state index contributed by atoms with van der Waals surface area (Å²) in [7, 11) is -3.53. The van der Waals surface area contributed by atoms with Gasteiger partial charge in [0.2, 0.25) is 0 Å². The van der Waals surface area contributed by atoms with Gasteiger partial charge < -0.3 is 20.1 Å². The van der Waals surface area contributed by atoms with Gasteiger partial charge in [-0.25, -0.2) is 8.42 Å². The van der Waals surface area contributed by atoms with Crippen LogP contribution >= 0.6 is 0 Å². The van der Waals surface area contributed by atoms with Crippen LogP contribution in [-0.2, 0) is 14.6 Å². The molecular weight excluding hydrogens is 200 g/mol. The average molecular weight is 210 g/mol. The van der Waals surface area contributed by atoms with Gasteiger partial charge in [-0.1, -0.05) is 0 Å². The Bertz CT molecular complexity index is 309. The van der Waals surface area contributed by atoms with Crippen LogP contribution in [0.5, 0.6) is 0 Å². The molecule has 1 unspecified atom stereocenters. The predicted molar refractivity (Wildman–Crippen MR) is 40.5 cm³/mol. The van der Waals surface area contributed by atoms with E-state index in [4.69, 9.17) is 4.74 Å². The Morgan fingerprint density at radius 1 is 1.08 bits per heavy atom. The normalized spacial score (nSPS) is 53.6. The van der Waals surface area contributed by atoms with Crippen molar-refractivity contribution in [1.29, 1.82) is 0 Å². The van der Waals surface area contributed by atoms with Gasteiger partial charge in [-0.3, -0.25) is 0 Å². The summed E-state index contributed by atoms with van der Waals surface area (Å²) in [6.07, 6.45) is -5.24. The molecule has 13 heavy (non-hydrogen) atoms. The number of aliphatic hydroxyl groups is 3. The van der Waals surface area contributed by atoms with Crippen LogP contribution in [0.4, 0.5) is 0 Å². The molecule has 0 aromatic rings. The monoisotopic (exact) mass is 210 g/mol. The van der Waals surface area contributed by atoms with E-state index < -0.39 is 39.7 Å². The number of rotatable bonds is 0. The first-order valence-electron chi connectivity index (χ1n) is 3.85. The summed E-state index contributed by atoms with van der Waals surface area (Å²) in [5, 5.41) is 27.7. The second kappa shape index (κ2) is 2.64. The third kappa shape index (κ3) is 1.19. The first kappa shape index (κ1) is 9.35. The zero-order chi connectivity index (χ0) is 9.80. The summed E-state index contributed by atoms with van der Waals surface area (Å²) in [6.45, 7) is 0. The minimum atomic E-state index is -3.53. The van der Waals surface area contributed by atoms with Gasteiger partial charge in [-0.15, -0.1) is 0 Å². The summed E-state index contributed by atoms with van der Waals surface area (Å²) < 4.78 is 27.3. The van der Waals surface area contributed by atoms with Crippen molar-refractivity contribution >= 4 is 9.84 Å². The molecule has 0 radical (unpaired) electrons. The van der Waals surface area contributed by atoms with E-state index in [1.54, 1.807) is 0 Å². The first-order chi connectivity index (χ1) is 5.93. The van der Waals surface area contributed by atoms with Crippen molar-refractivity contribution in [3.05, 3.63) is 0 Å². The van der Waals surface area contributed by atoms with Crippen LogP contribution in [0, 0.1) is 0 Å². The molecule has 0 aromatic carbocycles. The molecule has 2 heterocycles. The van der Waals surface area contributed by atoms with Crippen molar-refractivity contribution in [3.8, 4) is 0 Å². The molecule has 0 aliphatic carbocycles. The van der Waals surface area contributed by atoms with Gasteiger partial charge in [0.1, 0.15) is 24.4 Å². The smallest absolute Gasteiger partial charge is 0.187 e. The van der Waals surface area contributed by atoms with E-state index in [1.807, 2.05) is 0 Å². The molecule has 0 spiro atoms. The van der Waals surface area contributed by atoms with E-state index in [9.17, 15) is 23.7 Å². The Balaban J connectivity index is 2.38. The van der Waals surface area contributed by atoms with Gasteiger partial charge in [0.15, 0.2) is 15.3 Å². The van der Waals surface area contributed by atoms with Crippen molar-refractivity contribution in [2.24, 2.45) is 0 Å². The molecule has 2 aliphatic heterocycles. The molecule has 2 saturated heterocycles. The predicted octanol–water partition coefficient (Wildman–Crippen LogP) is -2.78. The van der Waals surface area contributed by atoms with E-state index in [0.29, 0.717) is 0 Å². The maximum Gasteiger partial charge on any atom is 0.187 e. The molecular formula is C6H10O6S. The number of hydrogen-bond donors (Lipinski definition) is 3. The van der Waals surface area contributed by atoms with E-state index in [0.717, 1.165) is 0 Å². The molecule has 7 heteroatoms. The summed E-state index contributed by atoms with van der Waals surface area (Å²) in [4.78, 5) is 0. The second-order valence-electron chi connectivity index (χ2n) is 3.34. The quantitative estimate of drug-likeness (QED) is 0.399. The number of hydrogen-bond acceptors (Lipinski definition) is 6. The van der Waals surface area contributed by atoms with Crippen LogP contribution in [0.15, 0.2) is 0 Å². The van der Waals surface area contributed by atoms with Gasteiger partial charge in [-0.05, 0) is 0 Å². The number of sulfone groups is 1. The third-order valence-electron chi connectivity index (χ3n) is 2.42. The number of fused-ring (bicyclic) bond motifs is 2. The van der Waals surface area contributed by atoms with Gasteiger partial charge >= 0.3 is 0 Å². The Hall–Kier alpha value is -0.210. The maximum absolute atomic E-state index is 11.2. The Morgan fingerprint density at radius 2 is 1.69 bits per heavy atom. The molecule has 2 fully saturated rings. The highest BCUT2D eigenvalue weighted by Crippen LogP contribution is 2.32. The Kier molecular flexibility index (Phi) is 1.90. The molecule has 0 saturated carbocycles. The molecule has 2 bridgehead atoms. The minimum Gasteiger partial charge on any atom is -0.388 e. The average Bonchev–Trinajstić information content (AvgIpc) is 2.33. The molecule has 0 amide bonds. The number of aliphatic hydroxyl groups excluding tert-OH is 3. The highest BCUT2D eigenvalue weighted by Gasteiger charge is 2.55. The van der Waals surface area contributed by atoms with Gasteiger partial charge in [-0.2, -0.15) is 0 Å². The van der Waals surface area contributed by atoms with Crippen molar-refractivity contribution in [1.82, 2.24) is 0 Å². The number of ether oxygens (including phenoxy) is 1. The van der Waals surface area contributed by atoms with Gasteiger partial charge in [0, 0.05) is 0 Å². The van der Waals surface area contributed by atoms with Crippen LogP contribution < -0.4 is 0 Å². The lowest BCUT2D eigenvalue weighted by Crippen LogP contribution is -2.54. The second-order valence-corrected chi connectivity index (χ2v) is 5.47. The van der Waals surface area contributed by atoms with Crippen molar-refractivity contribution in [3.63, 3.8) is 0 Å². The fraction of sp³-hybridized carbons (Fsp3) is 1.00. The summed E-state index contributed by atoms with van der Waals surface area (Å²) >= 11 is 0. The molecule has 2 aliphatic rings. The summed E-state index contributed by atoms with van der Waals surface area (Å²) in [5.41, 5.74) is -1.38. The highest BCUT2D eigenvalue weighted by molar-refractivity contribution is 7.92. The lowest BCUT2D eigenvalue weighted by atomic mass is 10.0. The molecule has 5 atom stereocenters. The first-order valence-corrected chi connectivity index (χ1v) is 5.56. The van der Waals surface area contributed by atoms with Crippen LogP contribution in [0.2, 0.25) is 0 Å². The SMILES string of the molecule is O=S1(=O)C[C@H]2OC1[C@@H](O)[C@@H](O)[C@@H]2O. The van der Waals surface area contributed by atoms with E-state index in [-0.39, 0.29) is 5.75 Å². The Morgan fingerprint density at radius 3 is 2.31 bits per heavy atom.